The van der Waals surface area contributed by atoms with Crippen molar-refractivity contribution in [1.29, 1.82) is 0 Å². The van der Waals surface area contributed by atoms with Gasteiger partial charge in [0.25, 0.3) is 0 Å². The van der Waals surface area contributed by atoms with Crippen LogP contribution < -0.4 is 0 Å². The lowest BCUT2D eigenvalue weighted by Crippen LogP contribution is -2.53. The Balaban J connectivity index is 2.21. The summed E-state index contributed by atoms with van der Waals surface area (Å²) < 4.78 is 43.9. The summed E-state index contributed by atoms with van der Waals surface area (Å²) in [5.74, 6) is -0.274. The second-order valence-electron chi connectivity index (χ2n) is 5.01. The molecule has 0 unspecified atom stereocenters. The van der Waals surface area contributed by atoms with Gasteiger partial charge in [0.2, 0.25) is 0 Å². The van der Waals surface area contributed by atoms with E-state index in [2.05, 4.69) is 4.74 Å². The number of ether oxygens (including phenoxy) is 2. The molecule has 1 saturated heterocycles. The van der Waals surface area contributed by atoms with Gasteiger partial charge < -0.3 is 9.64 Å². The molecule has 1 aliphatic rings. The average molecular weight is 255 g/mol. The molecule has 0 saturated carbocycles. The topological polar surface area (TPSA) is 38.8 Å². The van der Waals surface area contributed by atoms with Crippen LogP contribution in [0.25, 0.3) is 0 Å². The summed E-state index contributed by atoms with van der Waals surface area (Å²) in [4.78, 5) is 12.8. The molecule has 0 N–H and O–H groups in total. The van der Waals surface area contributed by atoms with Gasteiger partial charge in [-0.05, 0) is 20.8 Å². The van der Waals surface area contributed by atoms with Gasteiger partial charge in [0, 0.05) is 19.0 Å². The normalized spacial score (nSPS) is 17.9. The second kappa shape index (κ2) is 4.72. The van der Waals surface area contributed by atoms with Gasteiger partial charge in [0.15, 0.2) is 0 Å². The van der Waals surface area contributed by atoms with Crippen molar-refractivity contribution in [1.82, 2.24) is 4.90 Å². The van der Waals surface area contributed by atoms with Gasteiger partial charge in [0.05, 0.1) is 6.61 Å². The Labute approximate surface area is 97.7 Å². The number of nitrogens with zero attached hydrogens (tertiary/aromatic N) is 1. The van der Waals surface area contributed by atoms with E-state index in [0.29, 0.717) is 0 Å². The zero-order valence-electron chi connectivity index (χ0n) is 10.0. The molecule has 0 atom stereocenters. The molecule has 17 heavy (non-hydrogen) atoms. The van der Waals surface area contributed by atoms with Crippen LogP contribution in [0.5, 0.6) is 0 Å². The summed E-state index contributed by atoms with van der Waals surface area (Å²) in [6.45, 7) is 5.26. The first kappa shape index (κ1) is 14.1. The summed E-state index contributed by atoms with van der Waals surface area (Å²) in [7, 11) is 0. The van der Waals surface area contributed by atoms with E-state index in [1.54, 1.807) is 20.8 Å². The van der Waals surface area contributed by atoms with E-state index in [9.17, 15) is 18.0 Å². The third kappa shape index (κ3) is 5.25. The number of rotatable bonds is 2. The van der Waals surface area contributed by atoms with Gasteiger partial charge in [-0.25, -0.2) is 4.79 Å². The molecular formula is C10H16F3NO3. The second-order valence-corrected chi connectivity index (χ2v) is 5.01. The molecule has 1 aliphatic heterocycles. The largest absolute Gasteiger partial charge is 0.522 e. The van der Waals surface area contributed by atoms with Crippen molar-refractivity contribution < 1.29 is 27.4 Å². The van der Waals surface area contributed by atoms with Gasteiger partial charge in [-0.15, -0.1) is 13.2 Å². The highest BCUT2D eigenvalue weighted by molar-refractivity contribution is 5.69. The van der Waals surface area contributed by atoms with Crippen LogP contribution in [0.15, 0.2) is 0 Å². The predicted octanol–water partition coefficient (Wildman–Crippen LogP) is 2.39. The summed E-state index contributed by atoms with van der Waals surface area (Å²) in [6, 6.07) is 0. The first-order chi connectivity index (χ1) is 7.57. The number of halogens is 3. The number of alkyl halides is 3. The SMILES string of the molecule is CC(C)(C)OC(=O)N1CC(COC(F)(F)F)C1. The Bertz CT molecular complexity index is 280. The Morgan fingerprint density at radius 1 is 1.29 bits per heavy atom. The van der Waals surface area contributed by atoms with E-state index in [4.69, 9.17) is 4.74 Å². The molecule has 0 radical (unpaired) electrons. The van der Waals surface area contributed by atoms with Gasteiger partial charge in [-0.1, -0.05) is 0 Å². The third-order valence-corrected chi connectivity index (χ3v) is 2.09. The smallest absolute Gasteiger partial charge is 0.444 e. The number of amides is 1. The monoisotopic (exact) mass is 255 g/mol. The van der Waals surface area contributed by atoms with Crippen LogP contribution in [0.4, 0.5) is 18.0 Å². The van der Waals surface area contributed by atoms with Crippen LogP contribution in [-0.2, 0) is 9.47 Å². The molecule has 1 amide bonds. The first-order valence-corrected chi connectivity index (χ1v) is 5.25. The molecule has 1 heterocycles. The van der Waals surface area contributed by atoms with E-state index in [-0.39, 0.29) is 19.0 Å². The fourth-order valence-electron chi connectivity index (χ4n) is 1.36. The zero-order valence-corrected chi connectivity index (χ0v) is 10.0. The molecule has 100 valence electrons. The van der Waals surface area contributed by atoms with Gasteiger partial charge >= 0.3 is 12.5 Å². The highest BCUT2D eigenvalue weighted by Gasteiger charge is 2.37. The van der Waals surface area contributed by atoms with Crippen molar-refractivity contribution in [3.8, 4) is 0 Å². The quantitative estimate of drug-likeness (QED) is 0.760. The lowest BCUT2D eigenvalue weighted by molar-refractivity contribution is -0.330. The molecule has 0 aromatic rings. The number of hydrogen-bond acceptors (Lipinski definition) is 3. The van der Waals surface area contributed by atoms with Crippen molar-refractivity contribution in [2.45, 2.75) is 32.7 Å². The van der Waals surface area contributed by atoms with Crippen molar-refractivity contribution in [3.63, 3.8) is 0 Å². The van der Waals surface area contributed by atoms with Crippen LogP contribution in [0, 0.1) is 5.92 Å². The van der Waals surface area contributed by atoms with E-state index in [0.717, 1.165) is 0 Å². The Morgan fingerprint density at radius 2 is 1.82 bits per heavy atom. The maximum atomic E-state index is 11.7. The van der Waals surface area contributed by atoms with E-state index < -0.39 is 24.7 Å². The Hall–Kier alpha value is -0.980. The van der Waals surface area contributed by atoms with Crippen LogP contribution in [0.1, 0.15) is 20.8 Å². The van der Waals surface area contributed by atoms with Crippen molar-refractivity contribution >= 4 is 6.09 Å². The molecule has 0 aromatic heterocycles. The van der Waals surface area contributed by atoms with Gasteiger partial charge in [-0.2, -0.15) is 0 Å². The molecule has 0 bridgehead atoms. The van der Waals surface area contributed by atoms with E-state index >= 15 is 0 Å². The Kier molecular flexibility index (Phi) is 3.91. The maximum Gasteiger partial charge on any atom is 0.522 e. The standard InChI is InChI=1S/C10H16F3NO3/c1-9(2,3)17-8(15)14-4-7(5-14)6-16-10(11,12)13/h7H,4-6H2,1-3H3. The minimum Gasteiger partial charge on any atom is -0.444 e. The third-order valence-electron chi connectivity index (χ3n) is 2.09. The van der Waals surface area contributed by atoms with Crippen LogP contribution in [0.3, 0.4) is 0 Å². The first-order valence-electron chi connectivity index (χ1n) is 5.25. The molecule has 0 aliphatic carbocycles. The fourth-order valence-corrected chi connectivity index (χ4v) is 1.36. The maximum absolute atomic E-state index is 11.7. The number of hydrogen-bond donors (Lipinski definition) is 0. The minimum atomic E-state index is -4.60. The summed E-state index contributed by atoms with van der Waals surface area (Å²) in [5, 5.41) is 0. The van der Waals surface area contributed by atoms with E-state index in [1.807, 2.05) is 0 Å². The van der Waals surface area contributed by atoms with Crippen LogP contribution in [0.2, 0.25) is 0 Å². The van der Waals surface area contributed by atoms with Crippen molar-refractivity contribution in [3.05, 3.63) is 0 Å². The molecule has 1 fully saturated rings. The van der Waals surface area contributed by atoms with Crippen LogP contribution in [-0.4, -0.2) is 42.7 Å². The van der Waals surface area contributed by atoms with Gasteiger partial charge in [-0.3, -0.25) is 4.74 Å². The Morgan fingerprint density at radius 3 is 2.24 bits per heavy atom. The predicted molar refractivity (Wildman–Crippen MR) is 53.3 cm³/mol. The van der Waals surface area contributed by atoms with Crippen molar-refractivity contribution in [2.24, 2.45) is 5.92 Å². The molecule has 0 aromatic carbocycles. The highest BCUT2D eigenvalue weighted by Crippen LogP contribution is 2.23. The summed E-state index contributed by atoms with van der Waals surface area (Å²) in [6.07, 6.45) is -5.10. The lowest BCUT2D eigenvalue weighted by atomic mass is 10.0. The average Bonchev–Trinajstić information content (AvgIpc) is 1.94. The number of carbonyl (C=O) groups is 1. The molecule has 4 nitrogen and oxygen atoms in total. The van der Waals surface area contributed by atoms with Gasteiger partial charge in [0.1, 0.15) is 5.60 Å². The fraction of sp³-hybridized carbons (Fsp3) is 0.900. The minimum absolute atomic E-state index is 0.241. The summed E-state index contributed by atoms with van der Waals surface area (Å²) in [5.41, 5.74) is -0.593. The molecule has 1 rings (SSSR count). The van der Waals surface area contributed by atoms with Crippen LogP contribution >= 0.6 is 0 Å². The summed E-state index contributed by atoms with van der Waals surface area (Å²) >= 11 is 0. The lowest BCUT2D eigenvalue weighted by Gasteiger charge is -2.39. The number of likely N-dealkylation sites (tertiary alicyclic amines) is 1. The van der Waals surface area contributed by atoms with E-state index in [1.165, 1.54) is 4.90 Å². The zero-order chi connectivity index (χ0) is 13.3. The molecule has 7 heteroatoms. The highest BCUT2D eigenvalue weighted by atomic mass is 19.4. The number of carbonyl (C=O) groups excluding carboxylic acids is 1. The molecular weight excluding hydrogens is 239 g/mol. The molecule has 0 spiro atoms. The van der Waals surface area contributed by atoms with Crippen molar-refractivity contribution in [2.75, 3.05) is 19.7 Å².